The SMILES string of the molecule is COc1cn[nH]c1-c1ccc([C@@H]2CCc3ccc([C@H](C4CC4)[C@H](C)C(=O)[O-])cc3O2)cc1CN1CCCC1.[Na+]. The summed E-state index contributed by atoms with van der Waals surface area (Å²) >= 11 is 0. The topological polar surface area (TPSA) is 90.5 Å². The van der Waals surface area contributed by atoms with Crippen LogP contribution in [0.1, 0.15) is 73.3 Å². The number of carbonyl (C=O) groups excluding carboxylic acids is 1. The van der Waals surface area contributed by atoms with Gasteiger partial charge in [0.2, 0.25) is 0 Å². The van der Waals surface area contributed by atoms with Crippen molar-refractivity contribution >= 4 is 5.97 Å². The van der Waals surface area contributed by atoms with Gasteiger partial charge in [0.1, 0.15) is 17.5 Å². The molecule has 3 atom stereocenters. The molecule has 8 heteroatoms. The molecular formula is C31H36N3NaO4. The Bertz CT molecular complexity index is 1310. The summed E-state index contributed by atoms with van der Waals surface area (Å²) in [5, 5.41) is 19.1. The number of rotatable bonds is 9. The molecule has 0 radical (unpaired) electrons. The molecule has 2 fully saturated rings. The van der Waals surface area contributed by atoms with E-state index in [4.69, 9.17) is 9.47 Å². The van der Waals surface area contributed by atoms with Crippen LogP contribution in [-0.2, 0) is 17.8 Å². The molecule has 3 aromatic rings. The summed E-state index contributed by atoms with van der Waals surface area (Å²) in [4.78, 5) is 14.2. The Hall–Kier alpha value is -2.32. The Balaban J connectivity index is 0.00000308. The number of hydrogen-bond acceptors (Lipinski definition) is 6. The second-order valence-corrected chi connectivity index (χ2v) is 11.2. The molecular weight excluding hydrogens is 501 g/mol. The predicted molar refractivity (Wildman–Crippen MR) is 143 cm³/mol. The van der Waals surface area contributed by atoms with Crippen LogP contribution < -0.4 is 44.1 Å². The largest absolute Gasteiger partial charge is 1.00 e. The van der Waals surface area contributed by atoms with Gasteiger partial charge in [0.25, 0.3) is 0 Å². The first-order chi connectivity index (χ1) is 18.5. The number of nitrogens with zero attached hydrogens (tertiary/aromatic N) is 2. The predicted octanol–water partition coefficient (Wildman–Crippen LogP) is 1.63. The zero-order valence-corrected chi connectivity index (χ0v) is 25.2. The van der Waals surface area contributed by atoms with E-state index in [1.165, 1.54) is 29.5 Å². The molecule has 1 aliphatic carbocycles. The van der Waals surface area contributed by atoms with Crippen molar-refractivity contribution in [3.63, 3.8) is 0 Å². The third-order valence-electron chi connectivity index (χ3n) is 8.65. The number of benzene rings is 2. The molecule has 1 saturated heterocycles. The van der Waals surface area contributed by atoms with Crippen molar-refractivity contribution in [3.05, 3.63) is 64.8 Å². The average molecular weight is 538 g/mol. The van der Waals surface area contributed by atoms with Gasteiger partial charge in [0.05, 0.1) is 13.3 Å². The number of methoxy groups -OCH3 is 1. The number of aryl methyl sites for hydroxylation is 1. The van der Waals surface area contributed by atoms with Crippen LogP contribution >= 0.6 is 0 Å². The van der Waals surface area contributed by atoms with E-state index in [0.29, 0.717) is 5.92 Å². The van der Waals surface area contributed by atoms with Crippen LogP contribution in [0.2, 0.25) is 0 Å². The molecule has 0 amide bonds. The summed E-state index contributed by atoms with van der Waals surface area (Å²) in [6, 6.07) is 12.9. The second kappa shape index (κ2) is 12.0. The van der Waals surface area contributed by atoms with E-state index in [9.17, 15) is 9.90 Å². The summed E-state index contributed by atoms with van der Waals surface area (Å²) in [5.41, 5.74) is 6.67. The molecule has 2 aliphatic heterocycles. The number of carbonyl (C=O) groups is 1. The van der Waals surface area contributed by atoms with E-state index in [1.807, 2.05) is 0 Å². The van der Waals surface area contributed by atoms with Gasteiger partial charge in [0, 0.05) is 24.0 Å². The maximum Gasteiger partial charge on any atom is 1.00 e. The minimum atomic E-state index is -0.974. The third kappa shape index (κ3) is 5.92. The van der Waals surface area contributed by atoms with Crippen LogP contribution in [-0.4, -0.2) is 41.3 Å². The number of likely N-dealkylation sites (tertiary alicyclic amines) is 1. The first-order valence-corrected chi connectivity index (χ1v) is 13.9. The molecule has 0 spiro atoms. The fraction of sp³-hybridized carbons (Fsp3) is 0.484. The van der Waals surface area contributed by atoms with E-state index < -0.39 is 11.9 Å². The standard InChI is InChI=1S/C31H37N3O4.Na/c1-19(31(35)36)29(21-6-7-21)23-8-5-20-10-12-26(38-27(20)16-23)22-9-11-25(30-28(37-2)17-32-33-30)24(15-22)18-34-13-3-4-14-34;/h5,8-9,11,15-17,19,21,26,29H,3-4,6-7,10,12-14,18H2,1-2H3,(H,32,33)(H,35,36);/q;+1/p-1/t19-,26-,29-;/m0./s1. The molecule has 3 heterocycles. The van der Waals surface area contributed by atoms with E-state index in [-0.39, 0.29) is 41.6 Å². The Morgan fingerprint density at radius 2 is 1.97 bits per heavy atom. The number of nitrogens with one attached hydrogen (secondary N) is 1. The van der Waals surface area contributed by atoms with Crippen LogP contribution in [0.3, 0.4) is 0 Å². The number of hydrogen-bond donors (Lipinski definition) is 1. The monoisotopic (exact) mass is 537 g/mol. The van der Waals surface area contributed by atoms with Crippen molar-refractivity contribution < 1.29 is 48.9 Å². The smallest absolute Gasteiger partial charge is 0.550 e. The van der Waals surface area contributed by atoms with Crippen molar-refractivity contribution in [2.75, 3.05) is 20.2 Å². The zero-order chi connectivity index (χ0) is 26.2. The van der Waals surface area contributed by atoms with Crippen molar-refractivity contribution in [1.29, 1.82) is 0 Å². The number of H-pyrrole nitrogens is 1. The van der Waals surface area contributed by atoms with Gasteiger partial charge in [-0.05, 0) is 91.8 Å². The van der Waals surface area contributed by atoms with Gasteiger partial charge >= 0.3 is 29.6 Å². The molecule has 39 heavy (non-hydrogen) atoms. The number of carboxylic acid groups (broad SMARTS) is 1. The molecule has 0 unspecified atom stereocenters. The summed E-state index contributed by atoms with van der Waals surface area (Å²) < 4.78 is 12.2. The van der Waals surface area contributed by atoms with Crippen LogP contribution in [0.4, 0.5) is 0 Å². The molecule has 0 bridgehead atoms. The van der Waals surface area contributed by atoms with Crippen LogP contribution in [0.5, 0.6) is 11.5 Å². The molecule has 1 N–H and O–H groups in total. The number of aromatic amines is 1. The van der Waals surface area contributed by atoms with Gasteiger partial charge < -0.3 is 19.4 Å². The van der Waals surface area contributed by atoms with Crippen molar-refractivity contribution in [1.82, 2.24) is 15.1 Å². The van der Waals surface area contributed by atoms with Crippen molar-refractivity contribution in [2.45, 2.75) is 64.0 Å². The zero-order valence-electron chi connectivity index (χ0n) is 23.2. The summed E-state index contributed by atoms with van der Waals surface area (Å²) in [6.07, 6.45) is 8.15. The Morgan fingerprint density at radius 1 is 1.18 bits per heavy atom. The fourth-order valence-electron chi connectivity index (χ4n) is 6.39. The van der Waals surface area contributed by atoms with Gasteiger partial charge in [-0.1, -0.05) is 37.3 Å². The second-order valence-electron chi connectivity index (χ2n) is 11.2. The number of aromatic nitrogens is 2. The maximum absolute atomic E-state index is 11.7. The van der Waals surface area contributed by atoms with E-state index in [1.54, 1.807) is 20.2 Å². The Labute approximate surface area is 252 Å². The van der Waals surface area contributed by atoms with Crippen LogP contribution in [0.15, 0.2) is 42.6 Å². The van der Waals surface area contributed by atoms with Crippen LogP contribution in [0, 0.1) is 11.8 Å². The van der Waals surface area contributed by atoms with Crippen molar-refractivity contribution in [2.24, 2.45) is 11.8 Å². The molecule has 1 aromatic heterocycles. The van der Waals surface area contributed by atoms with Gasteiger partial charge in [-0.25, -0.2) is 0 Å². The minimum absolute atomic E-state index is 0. The summed E-state index contributed by atoms with van der Waals surface area (Å²) in [7, 11) is 1.67. The van der Waals surface area contributed by atoms with Gasteiger partial charge in [-0.3, -0.25) is 10.00 Å². The normalized spacial score (nSPS) is 20.4. The number of fused-ring (bicyclic) bond motifs is 1. The first-order valence-electron chi connectivity index (χ1n) is 13.9. The number of aliphatic carboxylic acids is 1. The molecule has 200 valence electrons. The van der Waals surface area contributed by atoms with Gasteiger partial charge in [-0.2, -0.15) is 5.10 Å². The van der Waals surface area contributed by atoms with Gasteiger partial charge in [-0.15, -0.1) is 0 Å². The Kier molecular flexibility index (Phi) is 8.72. The molecule has 7 nitrogen and oxygen atoms in total. The third-order valence-corrected chi connectivity index (χ3v) is 8.65. The molecule has 1 saturated carbocycles. The molecule has 3 aliphatic rings. The van der Waals surface area contributed by atoms with Crippen molar-refractivity contribution in [3.8, 4) is 22.8 Å². The van der Waals surface area contributed by atoms with Gasteiger partial charge in [0.15, 0.2) is 5.75 Å². The van der Waals surface area contributed by atoms with Crippen LogP contribution in [0.25, 0.3) is 11.3 Å². The summed E-state index contributed by atoms with van der Waals surface area (Å²) in [6.45, 7) is 4.89. The fourth-order valence-corrected chi connectivity index (χ4v) is 6.39. The number of ether oxygens (including phenoxy) is 2. The maximum atomic E-state index is 11.7. The average Bonchev–Trinajstić information content (AvgIpc) is 3.41. The van der Waals surface area contributed by atoms with E-state index >= 15 is 0 Å². The molecule has 2 aromatic carbocycles. The molecule has 6 rings (SSSR count). The summed E-state index contributed by atoms with van der Waals surface area (Å²) in [5.74, 6) is 0.533. The quantitative estimate of drug-likeness (QED) is 0.418. The number of carboxylic acids is 1. The van der Waals surface area contributed by atoms with E-state index in [2.05, 4.69) is 51.5 Å². The Morgan fingerprint density at radius 3 is 2.69 bits per heavy atom. The minimum Gasteiger partial charge on any atom is -0.550 e. The van der Waals surface area contributed by atoms with E-state index in [0.717, 1.165) is 73.6 Å². The first kappa shape index (κ1) is 28.2.